The molecule has 0 saturated carbocycles. The van der Waals surface area contributed by atoms with Crippen LogP contribution in [0.25, 0.3) is 0 Å². The average Bonchev–Trinajstić information content (AvgIpc) is 2.55. The lowest BCUT2D eigenvalue weighted by Crippen LogP contribution is -2.27. The van der Waals surface area contributed by atoms with Gasteiger partial charge in [-0.1, -0.05) is 41.1 Å². The minimum absolute atomic E-state index is 0.377. The number of nitrogens with one attached hydrogen (secondary N) is 2. The van der Waals surface area contributed by atoms with Gasteiger partial charge in [-0.2, -0.15) is 0 Å². The Morgan fingerprint density at radius 3 is 2.63 bits per heavy atom. The maximum absolute atomic E-state index is 11.8. The molecule has 5 heteroatoms. The minimum atomic E-state index is -0.377. The lowest BCUT2D eigenvalue weighted by Gasteiger charge is -2.08. The minimum Gasteiger partial charge on any atom is -0.308 e. The molecule has 1 aliphatic rings. The molecule has 0 aliphatic heterocycles. The Hall–Kier alpha value is -1.89. The van der Waals surface area contributed by atoms with Crippen LogP contribution in [0.5, 0.6) is 0 Å². The summed E-state index contributed by atoms with van der Waals surface area (Å²) in [6.07, 6.45) is 5.99. The van der Waals surface area contributed by atoms with Gasteiger partial charge in [-0.05, 0) is 24.3 Å². The van der Waals surface area contributed by atoms with E-state index in [1.165, 1.54) is 0 Å². The predicted octanol–water partition coefficient (Wildman–Crippen LogP) is 3.96. The Morgan fingerprint density at radius 2 is 1.89 bits per heavy atom. The summed E-state index contributed by atoms with van der Waals surface area (Å²) in [4.78, 5) is 11.8. The van der Waals surface area contributed by atoms with Crippen LogP contribution in [0.2, 0.25) is 10.0 Å². The van der Waals surface area contributed by atoms with E-state index in [2.05, 4.69) is 22.5 Å². The number of benzene rings is 1. The van der Waals surface area contributed by atoms with Crippen molar-refractivity contribution in [1.82, 2.24) is 5.32 Å². The second kappa shape index (κ2) is 6.33. The van der Waals surface area contributed by atoms with E-state index >= 15 is 0 Å². The van der Waals surface area contributed by atoms with E-state index in [1.54, 1.807) is 30.4 Å². The van der Waals surface area contributed by atoms with Crippen molar-refractivity contribution in [3.63, 3.8) is 0 Å². The number of carbonyl (C=O) groups is 1. The fourth-order valence-corrected chi connectivity index (χ4v) is 2.00. The van der Waals surface area contributed by atoms with Gasteiger partial charge in [0.05, 0.1) is 5.70 Å². The molecule has 1 aromatic carbocycles. The number of halogens is 2. The molecular formula is C14H10Cl2N2O. The second-order valence-electron chi connectivity index (χ2n) is 3.76. The molecule has 1 aromatic rings. The second-order valence-corrected chi connectivity index (χ2v) is 4.64. The highest BCUT2D eigenvalue weighted by molar-refractivity contribution is 6.35. The van der Waals surface area contributed by atoms with Crippen molar-refractivity contribution in [2.75, 3.05) is 5.32 Å². The molecule has 3 nitrogen and oxygen atoms in total. The van der Waals surface area contributed by atoms with Gasteiger partial charge >= 0.3 is 6.03 Å². The number of urea groups is 1. The fraction of sp³-hybridized carbons (Fsp3) is 0.0714. The molecule has 96 valence electrons. The van der Waals surface area contributed by atoms with E-state index in [0.29, 0.717) is 27.9 Å². The van der Waals surface area contributed by atoms with Gasteiger partial charge in [-0.15, -0.1) is 0 Å². The molecular weight excluding hydrogens is 283 g/mol. The Balaban J connectivity index is 2.02. The number of rotatable bonds is 2. The summed E-state index contributed by atoms with van der Waals surface area (Å²) in [5, 5.41) is 6.25. The van der Waals surface area contributed by atoms with Gasteiger partial charge in [0.15, 0.2) is 0 Å². The molecule has 0 heterocycles. The van der Waals surface area contributed by atoms with Crippen LogP contribution in [0.4, 0.5) is 10.5 Å². The molecule has 2 N–H and O–H groups in total. The third-order valence-corrected chi connectivity index (χ3v) is 2.66. The highest BCUT2D eigenvalue weighted by Gasteiger charge is 2.05. The third-order valence-electron chi connectivity index (χ3n) is 2.23. The Kier molecular flexibility index (Phi) is 4.51. The van der Waals surface area contributed by atoms with Gasteiger partial charge < -0.3 is 10.6 Å². The fourth-order valence-electron chi connectivity index (χ4n) is 1.48. The molecule has 0 aromatic heterocycles. The van der Waals surface area contributed by atoms with Crippen LogP contribution in [-0.2, 0) is 0 Å². The number of hydrogen-bond donors (Lipinski definition) is 2. The zero-order chi connectivity index (χ0) is 13.7. The first-order chi connectivity index (χ1) is 9.13. The SMILES string of the molecule is O=C(NC1=CC#CCC=C1)Nc1cc(Cl)cc(Cl)c1. The van der Waals surface area contributed by atoms with E-state index in [4.69, 9.17) is 23.2 Å². The van der Waals surface area contributed by atoms with Crippen molar-refractivity contribution in [3.05, 3.63) is 52.2 Å². The summed E-state index contributed by atoms with van der Waals surface area (Å²) < 4.78 is 0. The molecule has 19 heavy (non-hydrogen) atoms. The smallest absolute Gasteiger partial charge is 0.308 e. The monoisotopic (exact) mass is 292 g/mol. The normalized spacial score (nSPS) is 12.8. The number of carbonyl (C=O) groups excluding carboxylic acids is 1. The predicted molar refractivity (Wildman–Crippen MR) is 78.2 cm³/mol. The zero-order valence-corrected chi connectivity index (χ0v) is 11.3. The molecule has 0 atom stereocenters. The molecule has 0 bridgehead atoms. The summed E-state index contributed by atoms with van der Waals surface area (Å²) in [6, 6.07) is 4.45. The van der Waals surface area contributed by atoms with E-state index in [9.17, 15) is 4.79 Å². The molecule has 0 radical (unpaired) electrons. The molecule has 0 unspecified atom stereocenters. The number of anilines is 1. The lowest BCUT2D eigenvalue weighted by molar-refractivity contribution is 0.254. The molecule has 0 fully saturated rings. The first-order valence-corrected chi connectivity index (χ1v) is 6.28. The van der Waals surface area contributed by atoms with Crippen LogP contribution in [0.1, 0.15) is 6.42 Å². The van der Waals surface area contributed by atoms with E-state index in [0.717, 1.165) is 0 Å². The van der Waals surface area contributed by atoms with Crippen LogP contribution < -0.4 is 10.6 Å². The van der Waals surface area contributed by atoms with Gasteiger partial charge in [-0.25, -0.2) is 4.79 Å². The standard InChI is InChI=1S/C14H10Cl2N2O/c15-10-7-11(16)9-13(8-10)18-14(19)17-12-5-3-1-2-4-6-12/h3,5-9H,1H2,(H2,17,18,19). The van der Waals surface area contributed by atoms with Crippen molar-refractivity contribution < 1.29 is 4.79 Å². The van der Waals surface area contributed by atoms with Gasteiger partial charge in [-0.3, -0.25) is 0 Å². The van der Waals surface area contributed by atoms with Crippen LogP contribution in [0.15, 0.2) is 42.1 Å². The maximum Gasteiger partial charge on any atom is 0.323 e. The average molecular weight is 293 g/mol. The summed E-state index contributed by atoms with van der Waals surface area (Å²) in [6.45, 7) is 0. The number of hydrogen-bond acceptors (Lipinski definition) is 1. The quantitative estimate of drug-likeness (QED) is 0.796. The van der Waals surface area contributed by atoms with Crippen LogP contribution in [0, 0.1) is 11.8 Å². The van der Waals surface area contributed by atoms with Gasteiger partial charge in [0.2, 0.25) is 0 Å². The molecule has 2 amide bonds. The van der Waals surface area contributed by atoms with E-state index < -0.39 is 0 Å². The largest absolute Gasteiger partial charge is 0.323 e. The maximum atomic E-state index is 11.8. The number of allylic oxidation sites excluding steroid dienone is 3. The first kappa shape index (κ1) is 13.5. The van der Waals surface area contributed by atoms with Gasteiger partial charge in [0, 0.05) is 28.2 Å². The molecule has 0 saturated heterocycles. The zero-order valence-electron chi connectivity index (χ0n) is 9.84. The van der Waals surface area contributed by atoms with E-state index in [-0.39, 0.29) is 6.03 Å². The van der Waals surface area contributed by atoms with E-state index in [1.807, 2.05) is 6.08 Å². The Morgan fingerprint density at radius 1 is 1.16 bits per heavy atom. The van der Waals surface area contributed by atoms with Gasteiger partial charge in [0.25, 0.3) is 0 Å². The lowest BCUT2D eigenvalue weighted by atomic mass is 10.3. The topological polar surface area (TPSA) is 41.1 Å². The van der Waals surface area contributed by atoms with Crippen LogP contribution in [-0.4, -0.2) is 6.03 Å². The highest BCUT2D eigenvalue weighted by Crippen LogP contribution is 2.22. The van der Waals surface area contributed by atoms with Crippen molar-refractivity contribution >= 4 is 34.9 Å². The van der Waals surface area contributed by atoms with Crippen molar-refractivity contribution in [1.29, 1.82) is 0 Å². The van der Waals surface area contributed by atoms with Crippen LogP contribution >= 0.6 is 23.2 Å². The summed E-state index contributed by atoms with van der Waals surface area (Å²) in [7, 11) is 0. The first-order valence-electron chi connectivity index (χ1n) is 5.53. The van der Waals surface area contributed by atoms with Gasteiger partial charge in [0.1, 0.15) is 0 Å². The van der Waals surface area contributed by atoms with Crippen molar-refractivity contribution in [3.8, 4) is 11.8 Å². The summed E-state index contributed by atoms with van der Waals surface area (Å²) >= 11 is 11.7. The highest BCUT2D eigenvalue weighted by atomic mass is 35.5. The Labute approximate surface area is 121 Å². The molecule has 2 rings (SSSR count). The van der Waals surface area contributed by atoms with Crippen LogP contribution in [0.3, 0.4) is 0 Å². The van der Waals surface area contributed by atoms with Crippen molar-refractivity contribution in [2.24, 2.45) is 0 Å². The summed E-state index contributed by atoms with van der Waals surface area (Å²) in [5.41, 5.74) is 1.16. The molecule has 0 spiro atoms. The summed E-state index contributed by atoms with van der Waals surface area (Å²) in [5.74, 6) is 5.72. The number of amides is 2. The third kappa shape index (κ3) is 4.36. The molecule has 1 aliphatic carbocycles. The van der Waals surface area contributed by atoms with Crippen molar-refractivity contribution in [2.45, 2.75) is 6.42 Å². The Bertz CT molecular complexity index is 604.